The van der Waals surface area contributed by atoms with Crippen molar-refractivity contribution in [3.05, 3.63) is 22.4 Å². The molecule has 0 aliphatic carbocycles. The summed E-state index contributed by atoms with van der Waals surface area (Å²) in [6.45, 7) is 2.65. The van der Waals surface area contributed by atoms with Crippen LogP contribution in [0.1, 0.15) is 17.7 Å². The lowest BCUT2D eigenvalue weighted by atomic mass is 9.71. The molecule has 22 heavy (non-hydrogen) atoms. The summed E-state index contributed by atoms with van der Waals surface area (Å²) in [5.74, 6) is 0.213. The second kappa shape index (κ2) is 6.38. The molecule has 6 heteroatoms. The quantitative estimate of drug-likeness (QED) is 0.909. The molecule has 0 radical (unpaired) electrons. The number of carbonyl (C=O) groups excluding carboxylic acids is 2. The van der Waals surface area contributed by atoms with E-state index in [0.29, 0.717) is 19.6 Å². The van der Waals surface area contributed by atoms with Gasteiger partial charge in [0.2, 0.25) is 11.8 Å². The fraction of sp³-hybridized carbons (Fsp3) is 0.625. The molecule has 1 spiro atoms. The summed E-state index contributed by atoms with van der Waals surface area (Å²) in [6, 6.07) is 3.98. The number of amides is 2. The van der Waals surface area contributed by atoms with Gasteiger partial charge in [0.05, 0.1) is 18.9 Å². The Hall–Kier alpha value is -1.40. The summed E-state index contributed by atoms with van der Waals surface area (Å²) in [5, 5.41) is 4.97. The molecule has 120 valence electrons. The molecule has 3 heterocycles. The van der Waals surface area contributed by atoms with Crippen LogP contribution in [0.15, 0.2) is 17.5 Å². The van der Waals surface area contributed by atoms with Gasteiger partial charge < -0.3 is 15.0 Å². The molecular weight excluding hydrogens is 300 g/mol. The number of hydrogen-bond donors (Lipinski definition) is 1. The van der Waals surface area contributed by atoms with Crippen LogP contribution in [0.3, 0.4) is 0 Å². The fourth-order valence-corrected chi connectivity index (χ4v) is 4.30. The van der Waals surface area contributed by atoms with Crippen LogP contribution in [0.4, 0.5) is 0 Å². The van der Waals surface area contributed by atoms with Gasteiger partial charge in [-0.3, -0.25) is 9.59 Å². The number of methoxy groups -OCH3 is 1. The molecule has 3 rings (SSSR count). The molecule has 1 N–H and O–H groups in total. The number of likely N-dealkylation sites (tertiary alicyclic amines) is 1. The first-order valence-corrected chi connectivity index (χ1v) is 8.59. The third-order valence-electron chi connectivity index (χ3n) is 5.02. The van der Waals surface area contributed by atoms with Crippen LogP contribution < -0.4 is 5.32 Å². The second-order valence-electron chi connectivity index (χ2n) is 6.23. The highest BCUT2D eigenvalue weighted by Gasteiger charge is 2.49. The highest BCUT2D eigenvalue weighted by molar-refractivity contribution is 7.10. The average molecular weight is 322 g/mol. The van der Waals surface area contributed by atoms with Gasteiger partial charge in [-0.2, -0.15) is 0 Å². The molecule has 1 aromatic rings. The topological polar surface area (TPSA) is 58.6 Å². The molecule has 2 amide bonds. The van der Waals surface area contributed by atoms with Crippen molar-refractivity contribution in [3.8, 4) is 0 Å². The van der Waals surface area contributed by atoms with Crippen LogP contribution in [-0.4, -0.2) is 50.1 Å². The summed E-state index contributed by atoms with van der Waals surface area (Å²) >= 11 is 1.62. The minimum Gasteiger partial charge on any atom is -0.384 e. The number of hydrogen-bond acceptors (Lipinski definition) is 4. The Morgan fingerprint density at radius 1 is 1.50 bits per heavy atom. The standard InChI is InChI=1S/C16H22N2O3S/c1-21-10-13-15(20)17-11-16(13)4-6-18(7-5-16)14(19)9-12-3-2-8-22-12/h2-3,8,13H,4-7,9-11H2,1H3,(H,17,20)/t13-/m1/s1. The molecule has 0 bridgehead atoms. The zero-order valence-corrected chi connectivity index (χ0v) is 13.7. The molecule has 1 atom stereocenters. The van der Waals surface area contributed by atoms with E-state index in [0.717, 1.165) is 30.8 Å². The third-order valence-corrected chi connectivity index (χ3v) is 5.90. The number of piperidine rings is 1. The number of rotatable bonds is 4. The van der Waals surface area contributed by atoms with E-state index in [9.17, 15) is 9.59 Å². The highest BCUT2D eigenvalue weighted by atomic mass is 32.1. The Bertz CT molecular complexity index is 536. The van der Waals surface area contributed by atoms with Gasteiger partial charge in [-0.1, -0.05) is 6.07 Å². The first-order valence-electron chi connectivity index (χ1n) is 7.71. The summed E-state index contributed by atoms with van der Waals surface area (Å²) in [7, 11) is 1.64. The summed E-state index contributed by atoms with van der Waals surface area (Å²) in [5.41, 5.74) is -0.0349. The van der Waals surface area contributed by atoms with Crippen molar-refractivity contribution in [1.82, 2.24) is 10.2 Å². The SMILES string of the molecule is COC[C@@H]1C(=O)NCC12CCN(C(=O)Cc1cccs1)CC2. The smallest absolute Gasteiger partial charge is 0.227 e. The number of nitrogens with one attached hydrogen (secondary N) is 1. The highest BCUT2D eigenvalue weighted by Crippen LogP contribution is 2.42. The van der Waals surface area contributed by atoms with E-state index in [2.05, 4.69) is 5.32 Å². The van der Waals surface area contributed by atoms with Crippen molar-refractivity contribution >= 4 is 23.2 Å². The fourth-order valence-electron chi connectivity index (χ4n) is 3.61. The van der Waals surface area contributed by atoms with Gasteiger partial charge in [0, 0.05) is 37.0 Å². The molecule has 2 aliphatic rings. The van der Waals surface area contributed by atoms with Gasteiger partial charge in [0.1, 0.15) is 0 Å². The normalized spacial score (nSPS) is 23.8. The molecular formula is C16H22N2O3S. The predicted octanol–water partition coefficient (Wildman–Crippen LogP) is 1.29. The first kappa shape index (κ1) is 15.5. The van der Waals surface area contributed by atoms with Crippen LogP contribution in [0.2, 0.25) is 0 Å². The van der Waals surface area contributed by atoms with E-state index >= 15 is 0 Å². The van der Waals surface area contributed by atoms with Gasteiger partial charge in [0.25, 0.3) is 0 Å². The molecule has 2 saturated heterocycles. The van der Waals surface area contributed by atoms with E-state index in [1.54, 1.807) is 18.4 Å². The number of nitrogens with zero attached hydrogens (tertiary/aromatic N) is 1. The second-order valence-corrected chi connectivity index (χ2v) is 7.26. The van der Waals surface area contributed by atoms with Crippen molar-refractivity contribution in [2.24, 2.45) is 11.3 Å². The Morgan fingerprint density at radius 3 is 2.91 bits per heavy atom. The first-order chi connectivity index (χ1) is 10.6. The largest absolute Gasteiger partial charge is 0.384 e. The molecule has 5 nitrogen and oxygen atoms in total. The molecule has 1 aromatic heterocycles. The van der Waals surface area contributed by atoms with Gasteiger partial charge in [-0.25, -0.2) is 0 Å². The van der Waals surface area contributed by atoms with Crippen molar-refractivity contribution in [2.45, 2.75) is 19.3 Å². The van der Waals surface area contributed by atoms with E-state index in [1.807, 2.05) is 22.4 Å². The van der Waals surface area contributed by atoms with Crippen molar-refractivity contribution < 1.29 is 14.3 Å². The Kier molecular flexibility index (Phi) is 4.49. The van der Waals surface area contributed by atoms with E-state index in [-0.39, 0.29) is 23.1 Å². The van der Waals surface area contributed by atoms with Crippen LogP contribution in [0, 0.1) is 11.3 Å². The molecule has 0 aromatic carbocycles. The lowest BCUT2D eigenvalue weighted by molar-refractivity contribution is -0.134. The van der Waals surface area contributed by atoms with Gasteiger partial charge in [-0.15, -0.1) is 11.3 Å². The van der Waals surface area contributed by atoms with Gasteiger partial charge in [-0.05, 0) is 24.3 Å². The number of thiophene rings is 1. The monoisotopic (exact) mass is 322 g/mol. The minimum atomic E-state index is -0.0768. The van der Waals surface area contributed by atoms with Gasteiger partial charge in [0.15, 0.2) is 0 Å². The predicted molar refractivity (Wildman–Crippen MR) is 84.6 cm³/mol. The van der Waals surface area contributed by atoms with Crippen molar-refractivity contribution in [1.29, 1.82) is 0 Å². The minimum absolute atomic E-state index is 0.0349. The maximum atomic E-state index is 12.4. The van der Waals surface area contributed by atoms with Crippen molar-refractivity contribution in [2.75, 3.05) is 33.4 Å². The molecule has 0 saturated carbocycles. The Labute approximate surface area is 134 Å². The van der Waals surface area contributed by atoms with Crippen LogP contribution in [0.25, 0.3) is 0 Å². The summed E-state index contributed by atoms with van der Waals surface area (Å²) < 4.78 is 5.23. The lowest BCUT2D eigenvalue weighted by Gasteiger charge is -2.41. The molecule has 2 aliphatic heterocycles. The van der Waals surface area contributed by atoms with Gasteiger partial charge >= 0.3 is 0 Å². The van der Waals surface area contributed by atoms with Crippen molar-refractivity contribution in [3.63, 3.8) is 0 Å². The third kappa shape index (κ3) is 2.90. The zero-order valence-electron chi connectivity index (χ0n) is 12.8. The summed E-state index contributed by atoms with van der Waals surface area (Å²) in [6.07, 6.45) is 2.23. The van der Waals surface area contributed by atoms with Crippen LogP contribution in [0.5, 0.6) is 0 Å². The maximum Gasteiger partial charge on any atom is 0.227 e. The average Bonchev–Trinajstić information content (AvgIpc) is 3.12. The number of ether oxygens (including phenoxy) is 1. The summed E-state index contributed by atoms with van der Waals surface area (Å²) in [4.78, 5) is 27.4. The molecule has 2 fully saturated rings. The van der Waals surface area contributed by atoms with E-state index < -0.39 is 0 Å². The zero-order chi connectivity index (χ0) is 15.6. The van der Waals surface area contributed by atoms with Crippen LogP contribution >= 0.6 is 11.3 Å². The van der Waals surface area contributed by atoms with E-state index in [1.165, 1.54) is 0 Å². The van der Waals surface area contributed by atoms with E-state index in [4.69, 9.17) is 4.74 Å². The number of carbonyl (C=O) groups is 2. The Balaban J connectivity index is 1.60. The maximum absolute atomic E-state index is 12.4. The Morgan fingerprint density at radius 2 is 2.27 bits per heavy atom. The lowest BCUT2D eigenvalue weighted by Crippen LogP contribution is -2.47. The van der Waals surface area contributed by atoms with Crippen LogP contribution in [-0.2, 0) is 20.7 Å². The molecule has 0 unspecified atom stereocenters.